The molecule has 1 aromatic carbocycles. The lowest BCUT2D eigenvalue weighted by Crippen LogP contribution is -2.27. The van der Waals surface area contributed by atoms with Crippen LogP contribution in [0.25, 0.3) is 0 Å². The first-order valence-electron chi connectivity index (χ1n) is 8.29. The van der Waals surface area contributed by atoms with E-state index in [4.69, 9.17) is 0 Å². The van der Waals surface area contributed by atoms with Gasteiger partial charge in [-0.25, -0.2) is 0 Å². The number of fused-ring (bicyclic) bond motifs is 1. The van der Waals surface area contributed by atoms with Crippen molar-refractivity contribution in [3.8, 4) is 0 Å². The summed E-state index contributed by atoms with van der Waals surface area (Å²) >= 11 is 0. The molecule has 134 valence electrons. The van der Waals surface area contributed by atoms with Crippen molar-refractivity contribution in [3.05, 3.63) is 63.1 Å². The number of benzene rings is 1. The van der Waals surface area contributed by atoms with E-state index in [0.29, 0.717) is 41.8 Å². The molecule has 1 aliphatic carbocycles. The van der Waals surface area contributed by atoms with Crippen molar-refractivity contribution in [1.82, 2.24) is 9.88 Å². The van der Waals surface area contributed by atoms with Crippen LogP contribution in [0.1, 0.15) is 49.6 Å². The van der Waals surface area contributed by atoms with E-state index in [1.165, 1.54) is 11.0 Å². The van der Waals surface area contributed by atoms with Gasteiger partial charge in [0, 0.05) is 43.0 Å². The topological polar surface area (TPSA) is 99.3 Å². The Morgan fingerprint density at radius 2 is 1.77 bits per heavy atom. The van der Waals surface area contributed by atoms with E-state index in [1.54, 1.807) is 38.4 Å². The lowest BCUT2D eigenvalue weighted by molar-refractivity contribution is 0.0827. The van der Waals surface area contributed by atoms with Gasteiger partial charge in [-0.2, -0.15) is 0 Å². The fourth-order valence-corrected chi connectivity index (χ4v) is 2.90. The van der Waals surface area contributed by atoms with Gasteiger partial charge in [0.25, 0.3) is 17.4 Å². The van der Waals surface area contributed by atoms with Crippen LogP contribution in [0.3, 0.4) is 0 Å². The zero-order valence-corrected chi connectivity index (χ0v) is 14.6. The Bertz CT molecular complexity index is 942. The van der Waals surface area contributed by atoms with Crippen LogP contribution in [0.2, 0.25) is 0 Å². The highest BCUT2D eigenvalue weighted by Gasteiger charge is 2.22. The van der Waals surface area contributed by atoms with E-state index in [0.717, 1.165) is 0 Å². The van der Waals surface area contributed by atoms with Crippen LogP contribution >= 0.6 is 0 Å². The summed E-state index contributed by atoms with van der Waals surface area (Å²) in [7, 11) is 3.31. The predicted octanol–water partition coefficient (Wildman–Crippen LogP) is 1.85. The molecular formula is C19H19N3O4. The Morgan fingerprint density at radius 1 is 1.08 bits per heavy atom. The van der Waals surface area contributed by atoms with E-state index in [2.05, 4.69) is 10.3 Å². The van der Waals surface area contributed by atoms with Gasteiger partial charge in [0.05, 0.1) is 0 Å². The largest absolute Gasteiger partial charge is 0.345 e. The van der Waals surface area contributed by atoms with E-state index in [-0.39, 0.29) is 17.3 Å². The van der Waals surface area contributed by atoms with Crippen molar-refractivity contribution in [2.75, 3.05) is 19.4 Å². The lowest BCUT2D eigenvalue weighted by atomic mass is 9.93. The molecule has 0 aliphatic heterocycles. The number of hydrogen-bond donors (Lipinski definition) is 2. The van der Waals surface area contributed by atoms with Crippen LogP contribution in [0, 0.1) is 0 Å². The van der Waals surface area contributed by atoms with Crippen LogP contribution in [-0.2, 0) is 6.42 Å². The smallest absolute Gasteiger partial charge is 0.261 e. The molecule has 2 aromatic rings. The van der Waals surface area contributed by atoms with E-state index < -0.39 is 11.5 Å². The van der Waals surface area contributed by atoms with E-state index >= 15 is 0 Å². The van der Waals surface area contributed by atoms with Gasteiger partial charge >= 0.3 is 0 Å². The summed E-state index contributed by atoms with van der Waals surface area (Å²) in [4.78, 5) is 52.6. The Morgan fingerprint density at radius 3 is 2.42 bits per heavy atom. The zero-order valence-electron chi connectivity index (χ0n) is 14.6. The van der Waals surface area contributed by atoms with Gasteiger partial charge in [0.1, 0.15) is 5.56 Å². The van der Waals surface area contributed by atoms with Crippen molar-refractivity contribution >= 4 is 23.3 Å². The van der Waals surface area contributed by atoms with Crippen molar-refractivity contribution in [3.63, 3.8) is 0 Å². The number of nitrogens with one attached hydrogen (secondary N) is 2. The average Bonchev–Trinajstić information content (AvgIpc) is 2.61. The molecule has 2 N–H and O–H groups in total. The fraction of sp³-hybridized carbons (Fsp3) is 0.263. The molecule has 0 saturated heterocycles. The molecular weight excluding hydrogens is 334 g/mol. The van der Waals surface area contributed by atoms with Gasteiger partial charge in [0.2, 0.25) is 0 Å². The molecule has 7 nitrogen and oxygen atoms in total. The number of nitrogens with zero attached hydrogens (tertiary/aromatic N) is 1. The third kappa shape index (κ3) is 3.42. The van der Waals surface area contributed by atoms with Crippen molar-refractivity contribution in [2.45, 2.75) is 19.3 Å². The second kappa shape index (κ2) is 6.95. The molecule has 1 aromatic heterocycles. The number of rotatable bonds is 3. The summed E-state index contributed by atoms with van der Waals surface area (Å²) in [5.41, 5.74) is 1.32. The number of aromatic nitrogens is 1. The molecule has 1 heterocycles. The molecule has 3 rings (SSSR count). The highest BCUT2D eigenvalue weighted by Crippen LogP contribution is 2.19. The number of aromatic amines is 1. The minimum Gasteiger partial charge on any atom is -0.345 e. The van der Waals surface area contributed by atoms with Gasteiger partial charge in [-0.1, -0.05) is 0 Å². The zero-order chi connectivity index (χ0) is 18.8. The summed E-state index contributed by atoms with van der Waals surface area (Å²) in [5, 5.41) is 2.62. The first-order valence-corrected chi connectivity index (χ1v) is 8.29. The number of pyridine rings is 1. The van der Waals surface area contributed by atoms with Crippen LogP contribution in [-0.4, -0.2) is 41.6 Å². The number of aryl methyl sites for hydroxylation is 1. The predicted molar refractivity (Wildman–Crippen MR) is 96.7 cm³/mol. The molecule has 0 atom stereocenters. The maximum absolute atomic E-state index is 12.4. The van der Waals surface area contributed by atoms with E-state index in [9.17, 15) is 19.2 Å². The molecule has 0 spiro atoms. The third-order valence-corrected chi connectivity index (χ3v) is 4.29. The molecule has 26 heavy (non-hydrogen) atoms. The van der Waals surface area contributed by atoms with Gasteiger partial charge in [-0.3, -0.25) is 19.2 Å². The van der Waals surface area contributed by atoms with Crippen molar-refractivity contribution < 1.29 is 14.4 Å². The third-order valence-electron chi connectivity index (χ3n) is 4.29. The normalized spacial score (nSPS) is 13.1. The van der Waals surface area contributed by atoms with Gasteiger partial charge < -0.3 is 15.2 Å². The molecule has 0 fully saturated rings. The molecule has 2 amide bonds. The number of anilines is 1. The standard InChI is InChI=1S/C19H19N3O4/c1-22(2)19(26)11-6-8-12(9-7-11)20-17(24)14-10-13-15(21-18(14)25)4-3-5-16(13)23/h6-10H,3-5H2,1-2H3,(H,20,24)(H,21,25). The summed E-state index contributed by atoms with van der Waals surface area (Å²) < 4.78 is 0. The van der Waals surface area contributed by atoms with E-state index in [1.807, 2.05) is 0 Å². The fourth-order valence-electron chi connectivity index (χ4n) is 2.90. The summed E-state index contributed by atoms with van der Waals surface area (Å²) in [6.45, 7) is 0. The van der Waals surface area contributed by atoms with Gasteiger partial charge in [0.15, 0.2) is 5.78 Å². The summed E-state index contributed by atoms with van der Waals surface area (Å²) in [6.07, 6.45) is 1.74. The molecule has 1 aliphatic rings. The number of H-pyrrole nitrogens is 1. The van der Waals surface area contributed by atoms with Crippen LogP contribution < -0.4 is 10.9 Å². The van der Waals surface area contributed by atoms with Gasteiger partial charge in [-0.15, -0.1) is 0 Å². The number of carbonyl (C=O) groups excluding carboxylic acids is 3. The van der Waals surface area contributed by atoms with Crippen molar-refractivity contribution in [1.29, 1.82) is 0 Å². The first kappa shape index (κ1) is 17.6. The molecule has 7 heteroatoms. The minimum atomic E-state index is -0.598. The number of carbonyl (C=O) groups is 3. The van der Waals surface area contributed by atoms with Crippen LogP contribution in [0.5, 0.6) is 0 Å². The Hall–Kier alpha value is -3.22. The number of ketones is 1. The van der Waals surface area contributed by atoms with Crippen molar-refractivity contribution in [2.24, 2.45) is 0 Å². The quantitative estimate of drug-likeness (QED) is 0.879. The Labute approximate surface area is 150 Å². The second-order valence-electron chi connectivity index (χ2n) is 6.41. The summed E-state index contributed by atoms with van der Waals surface area (Å²) in [5.74, 6) is -0.810. The second-order valence-corrected chi connectivity index (χ2v) is 6.41. The number of Topliss-reactive ketones (excluding diaryl/α,β-unsaturated/α-hetero) is 1. The highest BCUT2D eigenvalue weighted by atomic mass is 16.2. The first-order chi connectivity index (χ1) is 12.4. The molecule has 0 bridgehead atoms. The maximum atomic E-state index is 12.4. The van der Waals surface area contributed by atoms with Crippen LogP contribution in [0.15, 0.2) is 35.1 Å². The molecule has 0 saturated carbocycles. The van der Waals surface area contributed by atoms with Gasteiger partial charge in [-0.05, 0) is 43.2 Å². The lowest BCUT2D eigenvalue weighted by Gasteiger charge is -2.15. The molecule has 0 unspecified atom stereocenters. The number of amides is 2. The maximum Gasteiger partial charge on any atom is 0.261 e. The molecule has 0 radical (unpaired) electrons. The summed E-state index contributed by atoms with van der Waals surface area (Å²) in [6, 6.07) is 7.74. The SMILES string of the molecule is CN(C)C(=O)c1ccc(NC(=O)c2cc3c([nH]c2=O)CCCC3=O)cc1. The highest BCUT2D eigenvalue weighted by molar-refractivity contribution is 6.06. The Kier molecular flexibility index (Phi) is 4.71. The Balaban J connectivity index is 1.82. The minimum absolute atomic E-state index is 0.0666. The van der Waals surface area contributed by atoms with Crippen LogP contribution in [0.4, 0.5) is 5.69 Å². The number of hydrogen-bond acceptors (Lipinski definition) is 4. The average molecular weight is 353 g/mol. The monoisotopic (exact) mass is 353 g/mol.